The zero-order chi connectivity index (χ0) is 26.5. The molecule has 1 amide bonds. The lowest BCUT2D eigenvalue weighted by atomic mass is 9.95. The molecular formula is C28H30FN5O3. The molecular weight excluding hydrogens is 473 g/mol. The van der Waals surface area contributed by atoms with Gasteiger partial charge in [-0.2, -0.15) is 0 Å². The number of nitrogen functional groups attached to an aromatic ring is 1. The molecule has 1 heterocycles. The van der Waals surface area contributed by atoms with Gasteiger partial charge in [-0.05, 0) is 54.8 Å². The number of ketones is 1. The second-order valence-corrected chi connectivity index (χ2v) is 8.81. The van der Waals surface area contributed by atoms with Crippen LogP contribution in [0.4, 0.5) is 10.1 Å². The number of nitrogens with two attached hydrogens (primary N) is 1. The highest BCUT2D eigenvalue weighted by atomic mass is 19.1. The molecule has 0 fully saturated rings. The standard InChI is InChI=1S/C28H30FN5O3/c1-3-37-28(34-15-21-10-11-25(35)17(2)22(21)16-34)27(36)33-14-20-9-8-18(26(30)31)12-24(20)32-13-19-6-4-5-7-23(19)29/h4-12,15,28,32H,3,13-14,16H2,1-2H3,(H3,30,31)(H,33,36). The number of nitrogens with zero attached hydrogens (tertiary/aromatic N) is 1. The van der Waals surface area contributed by atoms with Crippen molar-refractivity contribution in [2.24, 2.45) is 5.73 Å². The highest BCUT2D eigenvalue weighted by Gasteiger charge is 2.32. The summed E-state index contributed by atoms with van der Waals surface area (Å²) in [6.45, 7) is 4.72. The number of amides is 1. The van der Waals surface area contributed by atoms with E-state index in [1.165, 1.54) is 12.1 Å². The second-order valence-electron chi connectivity index (χ2n) is 8.81. The molecule has 0 saturated heterocycles. The number of carbonyl (C=O) groups is 2. The Labute approximate surface area is 215 Å². The van der Waals surface area contributed by atoms with Crippen LogP contribution >= 0.6 is 0 Å². The Morgan fingerprint density at radius 1 is 1.19 bits per heavy atom. The summed E-state index contributed by atoms with van der Waals surface area (Å²) in [5, 5.41) is 13.9. The van der Waals surface area contributed by atoms with E-state index in [-0.39, 0.29) is 36.4 Å². The van der Waals surface area contributed by atoms with Gasteiger partial charge in [0.1, 0.15) is 11.7 Å². The van der Waals surface area contributed by atoms with Crippen molar-refractivity contribution in [3.05, 3.63) is 100 Å². The number of ether oxygens (including phenoxy) is 1. The molecule has 0 spiro atoms. The molecule has 9 heteroatoms. The van der Waals surface area contributed by atoms with Crippen LogP contribution in [0.3, 0.4) is 0 Å². The van der Waals surface area contributed by atoms with Gasteiger partial charge < -0.3 is 26.0 Å². The Morgan fingerprint density at radius 2 is 1.97 bits per heavy atom. The van der Waals surface area contributed by atoms with Gasteiger partial charge in [-0.3, -0.25) is 15.0 Å². The van der Waals surface area contributed by atoms with Crippen LogP contribution in [0.25, 0.3) is 0 Å². The highest BCUT2D eigenvalue weighted by Crippen LogP contribution is 2.30. The quantitative estimate of drug-likeness (QED) is 0.292. The molecule has 37 heavy (non-hydrogen) atoms. The number of amidine groups is 1. The maximum atomic E-state index is 14.1. The number of carbonyl (C=O) groups excluding carboxylic acids is 2. The third kappa shape index (κ3) is 5.78. The summed E-state index contributed by atoms with van der Waals surface area (Å²) in [6, 6.07) is 11.6. The Kier molecular flexibility index (Phi) is 7.83. The zero-order valence-corrected chi connectivity index (χ0v) is 20.8. The van der Waals surface area contributed by atoms with E-state index in [1.807, 2.05) is 13.1 Å². The molecule has 0 bridgehead atoms. The van der Waals surface area contributed by atoms with Gasteiger partial charge in [0, 0.05) is 54.8 Å². The fourth-order valence-corrected chi connectivity index (χ4v) is 4.29. The molecule has 2 aliphatic rings. The summed E-state index contributed by atoms with van der Waals surface area (Å²) in [5.41, 5.74) is 10.5. The number of nitrogens with one attached hydrogen (secondary N) is 3. The van der Waals surface area contributed by atoms with Crippen molar-refractivity contribution in [1.82, 2.24) is 10.2 Å². The van der Waals surface area contributed by atoms with Crippen molar-refractivity contribution in [2.45, 2.75) is 33.2 Å². The smallest absolute Gasteiger partial charge is 0.270 e. The van der Waals surface area contributed by atoms with Crippen LogP contribution in [0.15, 0.2) is 77.5 Å². The van der Waals surface area contributed by atoms with Crippen molar-refractivity contribution < 1.29 is 18.7 Å². The highest BCUT2D eigenvalue weighted by molar-refractivity contribution is 6.07. The van der Waals surface area contributed by atoms with Gasteiger partial charge in [0.05, 0.1) is 0 Å². The molecule has 2 aromatic rings. The number of halogens is 1. The lowest BCUT2D eigenvalue weighted by Gasteiger charge is -2.27. The third-order valence-corrected chi connectivity index (χ3v) is 6.38. The summed E-state index contributed by atoms with van der Waals surface area (Å²) < 4.78 is 19.9. The molecule has 1 atom stereocenters. The van der Waals surface area contributed by atoms with Crippen LogP contribution in [0.1, 0.15) is 30.5 Å². The summed E-state index contributed by atoms with van der Waals surface area (Å²) in [7, 11) is 0. The minimum atomic E-state index is -0.877. The van der Waals surface area contributed by atoms with Gasteiger partial charge in [0.25, 0.3) is 5.91 Å². The molecule has 4 rings (SSSR count). The van der Waals surface area contributed by atoms with E-state index in [0.717, 1.165) is 16.7 Å². The Balaban J connectivity index is 1.49. The molecule has 192 valence electrons. The van der Waals surface area contributed by atoms with E-state index in [4.69, 9.17) is 15.9 Å². The normalized spacial score (nSPS) is 15.4. The van der Waals surface area contributed by atoms with Crippen molar-refractivity contribution in [3.8, 4) is 0 Å². The third-order valence-electron chi connectivity index (χ3n) is 6.38. The molecule has 1 aliphatic heterocycles. The van der Waals surface area contributed by atoms with Crippen LogP contribution in [0.2, 0.25) is 0 Å². The van der Waals surface area contributed by atoms with Crippen molar-refractivity contribution in [1.29, 1.82) is 5.41 Å². The van der Waals surface area contributed by atoms with Crippen LogP contribution in [-0.2, 0) is 27.4 Å². The average Bonchev–Trinajstić information content (AvgIpc) is 3.32. The Bertz CT molecular complexity index is 1330. The van der Waals surface area contributed by atoms with Gasteiger partial charge in [0.2, 0.25) is 6.23 Å². The summed E-state index contributed by atoms with van der Waals surface area (Å²) in [5.74, 6) is -0.784. The number of fused-ring (bicyclic) bond motifs is 1. The number of anilines is 1. The van der Waals surface area contributed by atoms with Gasteiger partial charge in [-0.15, -0.1) is 0 Å². The molecule has 1 unspecified atom stereocenters. The first-order valence-corrected chi connectivity index (χ1v) is 12.0. The molecule has 0 aromatic heterocycles. The molecule has 1 aliphatic carbocycles. The number of hydrogen-bond acceptors (Lipinski definition) is 6. The second kappa shape index (κ2) is 11.2. The van der Waals surface area contributed by atoms with Crippen LogP contribution < -0.4 is 16.4 Å². The number of benzene rings is 2. The first-order chi connectivity index (χ1) is 17.8. The summed E-state index contributed by atoms with van der Waals surface area (Å²) >= 11 is 0. The number of allylic oxidation sites excluding steroid dienone is 3. The van der Waals surface area contributed by atoms with Crippen molar-refractivity contribution >= 4 is 23.2 Å². The zero-order valence-electron chi connectivity index (χ0n) is 20.8. The van der Waals surface area contributed by atoms with E-state index < -0.39 is 6.23 Å². The van der Waals surface area contributed by atoms with Gasteiger partial charge in [-0.25, -0.2) is 4.39 Å². The van der Waals surface area contributed by atoms with Gasteiger partial charge in [0.15, 0.2) is 5.78 Å². The van der Waals surface area contributed by atoms with Crippen LogP contribution in [-0.4, -0.2) is 41.8 Å². The molecule has 8 nitrogen and oxygen atoms in total. The number of rotatable bonds is 10. The number of hydrogen-bond donors (Lipinski definition) is 4. The fraction of sp³-hybridized carbons (Fsp3) is 0.250. The van der Waals surface area contributed by atoms with E-state index >= 15 is 0 Å². The maximum absolute atomic E-state index is 14.1. The summed E-state index contributed by atoms with van der Waals surface area (Å²) in [4.78, 5) is 27.1. The SMILES string of the molecule is CCOC(C(=O)NCc1ccc(C(=N)N)cc1NCc1ccccc1F)N1C=C2C=CC(=O)C(C)=C2C1. The largest absolute Gasteiger partial charge is 0.384 e. The van der Waals surface area contributed by atoms with Gasteiger partial charge >= 0.3 is 0 Å². The Morgan fingerprint density at radius 3 is 2.70 bits per heavy atom. The molecule has 0 radical (unpaired) electrons. The predicted molar refractivity (Wildman–Crippen MR) is 140 cm³/mol. The minimum absolute atomic E-state index is 0.0316. The van der Waals surface area contributed by atoms with Crippen LogP contribution in [0, 0.1) is 11.2 Å². The average molecular weight is 504 g/mol. The Hall–Kier alpha value is -4.24. The molecule has 5 N–H and O–H groups in total. The lowest BCUT2D eigenvalue weighted by Crippen LogP contribution is -2.45. The molecule has 2 aromatic carbocycles. The first-order valence-electron chi connectivity index (χ1n) is 12.0. The van der Waals surface area contributed by atoms with Crippen molar-refractivity contribution in [2.75, 3.05) is 18.5 Å². The minimum Gasteiger partial charge on any atom is -0.384 e. The molecule has 0 saturated carbocycles. The topological polar surface area (TPSA) is 121 Å². The van der Waals surface area contributed by atoms with E-state index in [1.54, 1.807) is 54.3 Å². The van der Waals surface area contributed by atoms with Crippen molar-refractivity contribution in [3.63, 3.8) is 0 Å². The summed E-state index contributed by atoms with van der Waals surface area (Å²) in [6.07, 6.45) is 4.25. The van der Waals surface area contributed by atoms with E-state index in [9.17, 15) is 14.0 Å². The van der Waals surface area contributed by atoms with E-state index in [0.29, 0.717) is 35.5 Å². The fourth-order valence-electron chi connectivity index (χ4n) is 4.29. The first kappa shape index (κ1) is 25.8. The van der Waals surface area contributed by atoms with Crippen LogP contribution in [0.5, 0.6) is 0 Å². The predicted octanol–water partition coefficient (Wildman–Crippen LogP) is 3.36. The maximum Gasteiger partial charge on any atom is 0.270 e. The van der Waals surface area contributed by atoms with Gasteiger partial charge in [-0.1, -0.05) is 30.3 Å². The van der Waals surface area contributed by atoms with E-state index in [2.05, 4.69) is 10.6 Å². The monoisotopic (exact) mass is 503 g/mol. The lowest BCUT2D eigenvalue weighted by molar-refractivity contribution is -0.142.